The number of nitrogens with zero attached hydrogens (tertiary/aromatic N) is 2. The molecule has 1 aromatic heterocycles. The van der Waals surface area contributed by atoms with Gasteiger partial charge in [0.25, 0.3) is 0 Å². The fraction of sp³-hybridized carbons (Fsp3) is 0.400. The molecule has 114 valence electrons. The molecule has 4 nitrogen and oxygen atoms in total. The Morgan fingerprint density at radius 3 is 2.86 bits per heavy atom. The molecule has 2 atom stereocenters. The highest BCUT2D eigenvalue weighted by Gasteiger charge is 2.18. The first-order chi connectivity index (χ1) is 10.0. The summed E-state index contributed by atoms with van der Waals surface area (Å²) >= 11 is 0. The monoisotopic (exact) mass is 296 g/mol. The van der Waals surface area contributed by atoms with Gasteiger partial charge in [-0.1, -0.05) is 0 Å². The largest absolute Gasteiger partial charge is 0.386 e. The summed E-state index contributed by atoms with van der Waals surface area (Å²) in [5.41, 5.74) is -0.0706. The van der Waals surface area contributed by atoms with Crippen molar-refractivity contribution in [1.82, 2.24) is 9.55 Å². The molecule has 0 radical (unpaired) electrons. The molecule has 0 aliphatic rings. The van der Waals surface area contributed by atoms with E-state index in [1.54, 1.807) is 17.0 Å². The second-order valence-corrected chi connectivity index (χ2v) is 4.72. The Labute approximate surface area is 122 Å². The Hall–Kier alpha value is -1.79. The third-order valence-corrected chi connectivity index (χ3v) is 3.21. The van der Waals surface area contributed by atoms with E-state index in [1.807, 2.05) is 13.8 Å². The second kappa shape index (κ2) is 6.78. The molecule has 2 aromatic rings. The van der Waals surface area contributed by atoms with Gasteiger partial charge in [0.15, 0.2) is 0 Å². The molecule has 1 aromatic carbocycles. The minimum absolute atomic E-state index is 0.0706. The van der Waals surface area contributed by atoms with Crippen LogP contribution in [0, 0.1) is 11.6 Å². The smallest absolute Gasteiger partial charge is 0.137 e. The maximum absolute atomic E-state index is 13.7. The maximum atomic E-state index is 13.7. The van der Waals surface area contributed by atoms with Gasteiger partial charge in [0, 0.05) is 24.6 Å². The first kappa shape index (κ1) is 15.6. The van der Waals surface area contributed by atoms with E-state index in [0.29, 0.717) is 12.4 Å². The lowest BCUT2D eigenvalue weighted by molar-refractivity contribution is 0.0642. The highest BCUT2D eigenvalue weighted by atomic mass is 19.1. The summed E-state index contributed by atoms with van der Waals surface area (Å²) in [5.74, 6) is -0.588. The fourth-order valence-corrected chi connectivity index (χ4v) is 2.21. The van der Waals surface area contributed by atoms with Crippen LogP contribution in [-0.2, 0) is 11.3 Å². The SMILES string of the molecule is CCOC(C)c1nccn1CC(O)c1cc(F)ccc1F. The molecule has 0 amide bonds. The van der Waals surface area contributed by atoms with Crippen LogP contribution in [0.15, 0.2) is 30.6 Å². The number of hydrogen-bond acceptors (Lipinski definition) is 3. The number of aromatic nitrogens is 2. The van der Waals surface area contributed by atoms with E-state index in [4.69, 9.17) is 4.74 Å². The van der Waals surface area contributed by atoms with E-state index in [-0.39, 0.29) is 18.2 Å². The van der Waals surface area contributed by atoms with Gasteiger partial charge < -0.3 is 14.4 Å². The number of imidazole rings is 1. The van der Waals surface area contributed by atoms with Crippen LogP contribution in [0.5, 0.6) is 0 Å². The molecule has 2 rings (SSSR count). The van der Waals surface area contributed by atoms with E-state index in [0.717, 1.165) is 18.2 Å². The average molecular weight is 296 g/mol. The molecule has 0 aliphatic heterocycles. The Balaban J connectivity index is 2.18. The Morgan fingerprint density at radius 2 is 2.14 bits per heavy atom. The molecule has 21 heavy (non-hydrogen) atoms. The van der Waals surface area contributed by atoms with Crippen molar-refractivity contribution in [2.24, 2.45) is 0 Å². The van der Waals surface area contributed by atoms with Crippen molar-refractivity contribution in [3.05, 3.63) is 53.6 Å². The molecule has 0 spiro atoms. The zero-order valence-corrected chi connectivity index (χ0v) is 12.0. The minimum atomic E-state index is -1.16. The van der Waals surface area contributed by atoms with E-state index >= 15 is 0 Å². The summed E-state index contributed by atoms with van der Waals surface area (Å²) in [6.45, 7) is 4.33. The van der Waals surface area contributed by atoms with E-state index < -0.39 is 17.7 Å². The topological polar surface area (TPSA) is 47.3 Å². The van der Waals surface area contributed by atoms with Gasteiger partial charge in [0.05, 0.1) is 12.6 Å². The van der Waals surface area contributed by atoms with Crippen molar-refractivity contribution < 1.29 is 18.6 Å². The molecule has 1 heterocycles. The third-order valence-electron chi connectivity index (χ3n) is 3.21. The van der Waals surface area contributed by atoms with Crippen LogP contribution in [-0.4, -0.2) is 21.3 Å². The predicted molar refractivity (Wildman–Crippen MR) is 73.6 cm³/mol. The van der Waals surface area contributed by atoms with Gasteiger partial charge in [0.2, 0.25) is 0 Å². The molecule has 0 fully saturated rings. The Morgan fingerprint density at radius 1 is 1.38 bits per heavy atom. The van der Waals surface area contributed by atoms with Crippen LogP contribution in [0.4, 0.5) is 8.78 Å². The van der Waals surface area contributed by atoms with Crippen LogP contribution in [0.25, 0.3) is 0 Å². The summed E-state index contributed by atoms with van der Waals surface area (Å²) in [6.07, 6.45) is 1.85. The van der Waals surface area contributed by atoms with Crippen LogP contribution < -0.4 is 0 Å². The van der Waals surface area contributed by atoms with Crippen LogP contribution >= 0.6 is 0 Å². The van der Waals surface area contributed by atoms with Gasteiger partial charge >= 0.3 is 0 Å². The molecular weight excluding hydrogens is 278 g/mol. The zero-order chi connectivity index (χ0) is 15.4. The number of aliphatic hydroxyl groups is 1. The first-order valence-corrected chi connectivity index (χ1v) is 6.78. The summed E-state index contributed by atoms with van der Waals surface area (Å²) in [4.78, 5) is 4.18. The zero-order valence-electron chi connectivity index (χ0n) is 12.0. The number of rotatable bonds is 6. The minimum Gasteiger partial charge on any atom is -0.386 e. The lowest BCUT2D eigenvalue weighted by atomic mass is 10.1. The number of ether oxygens (including phenoxy) is 1. The maximum Gasteiger partial charge on any atom is 0.137 e. The van der Waals surface area contributed by atoms with Gasteiger partial charge in [-0.25, -0.2) is 13.8 Å². The Kier molecular flexibility index (Phi) is 5.03. The van der Waals surface area contributed by atoms with Gasteiger partial charge in [-0.3, -0.25) is 0 Å². The van der Waals surface area contributed by atoms with Gasteiger partial charge in [-0.2, -0.15) is 0 Å². The van der Waals surface area contributed by atoms with Gasteiger partial charge in [-0.05, 0) is 32.0 Å². The molecule has 6 heteroatoms. The molecule has 0 saturated carbocycles. The van der Waals surface area contributed by atoms with Gasteiger partial charge in [-0.15, -0.1) is 0 Å². The highest BCUT2D eigenvalue weighted by molar-refractivity contribution is 5.21. The summed E-state index contributed by atoms with van der Waals surface area (Å²) < 4.78 is 34.0. The van der Waals surface area contributed by atoms with Crippen LogP contribution in [0.2, 0.25) is 0 Å². The normalized spacial score (nSPS) is 14.1. The van der Waals surface area contributed by atoms with E-state index in [9.17, 15) is 13.9 Å². The quantitative estimate of drug-likeness (QED) is 0.891. The number of aliphatic hydroxyl groups excluding tert-OH is 1. The lowest BCUT2D eigenvalue weighted by Gasteiger charge is -2.17. The van der Waals surface area contributed by atoms with Crippen molar-refractivity contribution in [1.29, 1.82) is 0 Å². The molecule has 1 N–H and O–H groups in total. The van der Waals surface area contributed by atoms with E-state index in [2.05, 4.69) is 4.98 Å². The molecular formula is C15H18F2N2O2. The van der Waals surface area contributed by atoms with Crippen LogP contribution in [0.3, 0.4) is 0 Å². The summed E-state index contributed by atoms with van der Waals surface area (Å²) in [6, 6.07) is 3.03. The highest BCUT2D eigenvalue weighted by Crippen LogP contribution is 2.22. The third kappa shape index (κ3) is 3.65. The first-order valence-electron chi connectivity index (χ1n) is 6.78. The molecule has 0 bridgehead atoms. The number of hydrogen-bond donors (Lipinski definition) is 1. The molecule has 2 unspecified atom stereocenters. The molecule has 0 saturated heterocycles. The van der Waals surface area contributed by atoms with Gasteiger partial charge in [0.1, 0.15) is 23.6 Å². The Bertz CT molecular complexity index is 601. The van der Waals surface area contributed by atoms with Crippen LogP contribution in [0.1, 0.15) is 37.4 Å². The standard InChI is InChI=1S/C15H18F2N2O2/c1-3-21-10(2)15-18-6-7-19(15)9-14(20)12-8-11(16)4-5-13(12)17/h4-8,10,14,20H,3,9H2,1-2H3. The summed E-state index contributed by atoms with van der Waals surface area (Å²) in [7, 11) is 0. The lowest BCUT2D eigenvalue weighted by Crippen LogP contribution is -2.15. The molecule has 0 aliphatic carbocycles. The fourth-order valence-electron chi connectivity index (χ4n) is 2.21. The van der Waals surface area contributed by atoms with Crippen molar-refractivity contribution in [2.45, 2.75) is 32.6 Å². The summed E-state index contributed by atoms with van der Waals surface area (Å²) in [5, 5.41) is 10.1. The van der Waals surface area contributed by atoms with Crippen molar-refractivity contribution in [3.8, 4) is 0 Å². The predicted octanol–water partition coefficient (Wildman–Crippen LogP) is 2.99. The van der Waals surface area contributed by atoms with Crippen molar-refractivity contribution in [3.63, 3.8) is 0 Å². The van der Waals surface area contributed by atoms with Crippen molar-refractivity contribution >= 4 is 0 Å². The van der Waals surface area contributed by atoms with Crippen molar-refractivity contribution in [2.75, 3.05) is 6.61 Å². The number of benzene rings is 1. The number of halogens is 2. The average Bonchev–Trinajstić information content (AvgIpc) is 2.90. The second-order valence-electron chi connectivity index (χ2n) is 4.72. The van der Waals surface area contributed by atoms with E-state index in [1.165, 1.54) is 0 Å².